The van der Waals surface area contributed by atoms with Crippen LogP contribution in [0.1, 0.15) is 38.2 Å². The van der Waals surface area contributed by atoms with E-state index in [1.165, 1.54) is 32.0 Å². The van der Waals surface area contributed by atoms with Gasteiger partial charge >= 0.3 is 0 Å². The zero-order valence-corrected chi connectivity index (χ0v) is 15.5. The lowest BCUT2D eigenvalue weighted by Crippen LogP contribution is -2.45. The number of guanidine groups is 1. The molecule has 1 saturated heterocycles. The molecular formula is C20H31FN4. The molecule has 0 amide bonds. The van der Waals surface area contributed by atoms with E-state index in [9.17, 15) is 4.39 Å². The predicted molar refractivity (Wildman–Crippen MR) is 102 cm³/mol. The van der Waals surface area contributed by atoms with Gasteiger partial charge in [0.15, 0.2) is 5.96 Å². The fraction of sp³-hybridized carbons (Fsp3) is 0.650. The zero-order chi connectivity index (χ0) is 17.7. The number of piperidine rings is 1. The minimum absolute atomic E-state index is 0.0730. The summed E-state index contributed by atoms with van der Waals surface area (Å²) in [5.74, 6) is 1.39. The summed E-state index contributed by atoms with van der Waals surface area (Å²) in [6.07, 6.45) is 4.78. The van der Waals surface area contributed by atoms with Gasteiger partial charge in [0.2, 0.25) is 0 Å². The molecule has 138 valence electrons. The van der Waals surface area contributed by atoms with Crippen molar-refractivity contribution < 1.29 is 4.39 Å². The first-order chi connectivity index (χ1) is 12.1. The lowest BCUT2D eigenvalue weighted by atomic mass is 9.96. The Labute approximate surface area is 150 Å². The summed E-state index contributed by atoms with van der Waals surface area (Å²) in [5, 5.41) is 6.94. The minimum Gasteiger partial charge on any atom is -0.356 e. The van der Waals surface area contributed by atoms with Crippen LogP contribution in [0.5, 0.6) is 0 Å². The maximum Gasteiger partial charge on any atom is 0.191 e. The van der Waals surface area contributed by atoms with E-state index in [-0.39, 0.29) is 11.2 Å². The Bertz CT molecular complexity index is 597. The molecule has 0 bridgehead atoms. The molecule has 1 aliphatic carbocycles. The minimum atomic E-state index is -0.149. The van der Waals surface area contributed by atoms with E-state index < -0.39 is 0 Å². The van der Waals surface area contributed by atoms with E-state index in [4.69, 9.17) is 0 Å². The normalized spacial score (nSPS) is 23.3. The molecule has 2 N–H and O–H groups in total. The lowest BCUT2D eigenvalue weighted by Gasteiger charge is -2.32. The van der Waals surface area contributed by atoms with Crippen molar-refractivity contribution in [3.63, 3.8) is 0 Å². The van der Waals surface area contributed by atoms with Crippen LogP contribution in [-0.4, -0.2) is 50.6 Å². The Morgan fingerprint density at radius 2 is 2.20 bits per heavy atom. The Hall–Kier alpha value is -1.62. The highest BCUT2D eigenvalue weighted by Gasteiger charge is 2.44. The third-order valence-electron chi connectivity index (χ3n) is 5.72. The number of rotatable bonds is 6. The average Bonchev–Trinajstić information content (AvgIpc) is 3.43. The fourth-order valence-corrected chi connectivity index (χ4v) is 3.86. The van der Waals surface area contributed by atoms with Crippen LogP contribution >= 0.6 is 0 Å². The highest BCUT2D eigenvalue weighted by molar-refractivity contribution is 5.79. The van der Waals surface area contributed by atoms with Gasteiger partial charge in [-0.3, -0.25) is 4.99 Å². The third kappa shape index (κ3) is 4.72. The topological polar surface area (TPSA) is 39.7 Å². The molecule has 3 rings (SSSR count). The lowest BCUT2D eigenvalue weighted by molar-refractivity contribution is 0.183. The van der Waals surface area contributed by atoms with E-state index in [2.05, 4.69) is 27.4 Å². The third-order valence-corrected chi connectivity index (χ3v) is 5.72. The summed E-state index contributed by atoms with van der Waals surface area (Å²) < 4.78 is 13.5. The van der Waals surface area contributed by atoms with Crippen LogP contribution in [0.25, 0.3) is 0 Å². The van der Waals surface area contributed by atoms with Crippen molar-refractivity contribution >= 4 is 5.96 Å². The molecule has 1 unspecified atom stereocenters. The molecule has 0 radical (unpaired) electrons. The van der Waals surface area contributed by atoms with Gasteiger partial charge in [0.1, 0.15) is 5.82 Å². The number of nitrogens with zero attached hydrogens (tertiary/aromatic N) is 2. The summed E-state index contributed by atoms with van der Waals surface area (Å²) >= 11 is 0. The first-order valence-electron chi connectivity index (χ1n) is 9.58. The predicted octanol–water partition coefficient (Wildman–Crippen LogP) is 2.75. The summed E-state index contributed by atoms with van der Waals surface area (Å²) in [6.45, 7) is 7.55. The molecule has 25 heavy (non-hydrogen) atoms. The first kappa shape index (κ1) is 18.2. The molecule has 1 aliphatic heterocycles. The molecule has 2 fully saturated rings. The molecule has 1 heterocycles. The Morgan fingerprint density at radius 3 is 2.88 bits per heavy atom. The number of likely N-dealkylation sites (tertiary alicyclic amines) is 1. The van der Waals surface area contributed by atoms with Gasteiger partial charge in [0.05, 0.1) is 0 Å². The fourth-order valence-electron chi connectivity index (χ4n) is 3.86. The summed E-state index contributed by atoms with van der Waals surface area (Å²) in [5.41, 5.74) is 1.17. The van der Waals surface area contributed by atoms with Gasteiger partial charge < -0.3 is 15.5 Å². The van der Waals surface area contributed by atoms with Crippen LogP contribution in [0.4, 0.5) is 4.39 Å². The van der Waals surface area contributed by atoms with Gasteiger partial charge in [0.25, 0.3) is 0 Å². The summed E-state index contributed by atoms with van der Waals surface area (Å²) in [6, 6.07) is 7.03. The number of aliphatic imine (C=N–C) groups is 1. The average molecular weight is 346 g/mol. The van der Waals surface area contributed by atoms with Gasteiger partial charge in [0, 0.05) is 32.1 Å². The first-order valence-corrected chi connectivity index (χ1v) is 9.58. The highest BCUT2D eigenvalue weighted by Crippen LogP contribution is 2.47. The van der Waals surface area contributed by atoms with Gasteiger partial charge in [-0.05, 0) is 62.4 Å². The second-order valence-electron chi connectivity index (χ2n) is 7.50. The second kappa shape index (κ2) is 8.17. The molecule has 1 atom stereocenters. The molecule has 1 aromatic carbocycles. The van der Waals surface area contributed by atoms with Crippen LogP contribution in [0, 0.1) is 11.7 Å². The molecule has 0 aromatic heterocycles. The smallest absolute Gasteiger partial charge is 0.191 e. The molecule has 1 aromatic rings. The Kier molecular flexibility index (Phi) is 5.94. The van der Waals surface area contributed by atoms with Crippen molar-refractivity contribution in [1.29, 1.82) is 0 Å². The van der Waals surface area contributed by atoms with E-state index in [0.717, 1.165) is 44.0 Å². The standard InChI is InChI=1S/C20H31FN4/c1-3-25-11-5-6-16(14-25)13-23-19(22-2)24-15-20(9-10-20)17-7-4-8-18(21)12-17/h4,7-8,12,16H,3,5-6,9-11,13-15H2,1-2H3,(H2,22,23,24). The number of benzene rings is 1. The maximum atomic E-state index is 13.5. The van der Waals surface area contributed by atoms with Gasteiger partial charge in [-0.15, -0.1) is 0 Å². The summed E-state index contributed by atoms with van der Waals surface area (Å²) in [7, 11) is 1.82. The highest BCUT2D eigenvalue weighted by atomic mass is 19.1. The van der Waals surface area contributed by atoms with E-state index >= 15 is 0 Å². The quantitative estimate of drug-likeness (QED) is 0.615. The van der Waals surface area contributed by atoms with Gasteiger partial charge in [-0.25, -0.2) is 4.39 Å². The van der Waals surface area contributed by atoms with Crippen molar-refractivity contribution in [3.8, 4) is 0 Å². The number of hydrogen-bond donors (Lipinski definition) is 2. The maximum absolute atomic E-state index is 13.5. The molecule has 1 saturated carbocycles. The monoisotopic (exact) mass is 346 g/mol. The van der Waals surface area contributed by atoms with Crippen molar-refractivity contribution in [3.05, 3.63) is 35.6 Å². The van der Waals surface area contributed by atoms with Gasteiger partial charge in [-0.1, -0.05) is 19.1 Å². The van der Waals surface area contributed by atoms with E-state index in [1.54, 1.807) is 12.1 Å². The van der Waals surface area contributed by atoms with Crippen molar-refractivity contribution in [2.24, 2.45) is 10.9 Å². The summed E-state index contributed by atoms with van der Waals surface area (Å²) in [4.78, 5) is 6.88. The number of nitrogens with one attached hydrogen (secondary N) is 2. The Balaban J connectivity index is 1.48. The molecule has 2 aliphatic rings. The Morgan fingerprint density at radius 1 is 1.36 bits per heavy atom. The van der Waals surface area contributed by atoms with E-state index in [1.807, 2.05) is 13.1 Å². The number of halogens is 1. The van der Waals surface area contributed by atoms with Crippen molar-refractivity contribution in [1.82, 2.24) is 15.5 Å². The molecule has 4 nitrogen and oxygen atoms in total. The zero-order valence-electron chi connectivity index (χ0n) is 15.5. The van der Waals surface area contributed by atoms with Crippen LogP contribution in [0.2, 0.25) is 0 Å². The molecular weight excluding hydrogens is 315 g/mol. The van der Waals surface area contributed by atoms with Crippen molar-refractivity contribution in [2.75, 3.05) is 39.8 Å². The van der Waals surface area contributed by atoms with Crippen LogP contribution in [0.3, 0.4) is 0 Å². The SMILES string of the molecule is CCN1CCCC(CNC(=NC)NCC2(c3cccc(F)c3)CC2)C1. The molecule has 5 heteroatoms. The second-order valence-corrected chi connectivity index (χ2v) is 7.50. The largest absolute Gasteiger partial charge is 0.356 e. The molecule has 0 spiro atoms. The van der Waals surface area contributed by atoms with Crippen LogP contribution in [-0.2, 0) is 5.41 Å². The van der Waals surface area contributed by atoms with Gasteiger partial charge in [-0.2, -0.15) is 0 Å². The van der Waals surface area contributed by atoms with Crippen molar-refractivity contribution in [2.45, 2.75) is 38.0 Å². The van der Waals surface area contributed by atoms with E-state index in [0.29, 0.717) is 5.92 Å². The van der Waals surface area contributed by atoms with Crippen LogP contribution < -0.4 is 10.6 Å². The number of hydrogen-bond acceptors (Lipinski definition) is 2. The van der Waals surface area contributed by atoms with Crippen LogP contribution in [0.15, 0.2) is 29.3 Å².